The molecule has 0 fully saturated rings. The Morgan fingerprint density at radius 2 is 2.43 bits per heavy atom. The highest BCUT2D eigenvalue weighted by Crippen LogP contribution is 1.96. The number of thioether (sulfide) groups is 1. The van der Waals surface area contributed by atoms with E-state index in [0.29, 0.717) is 5.17 Å². The summed E-state index contributed by atoms with van der Waals surface area (Å²) < 4.78 is 0. The first-order valence-electron chi connectivity index (χ1n) is 1.62. The lowest BCUT2D eigenvalue weighted by molar-refractivity contribution is 1.25. The summed E-state index contributed by atoms with van der Waals surface area (Å²) >= 11 is 1.20. The molecule has 4 N–H and O–H groups in total. The monoisotopic (exact) mass is 117 g/mol. The zero-order valence-electron chi connectivity index (χ0n) is 3.79. The van der Waals surface area contributed by atoms with Crippen LogP contribution in [0, 0.1) is 0 Å². The molecular weight excluding hydrogens is 110 g/mol. The second-order valence-corrected chi connectivity index (χ2v) is 1.74. The lowest BCUT2D eigenvalue weighted by atomic mass is 11.3. The Morgan fingerprint density at radius 3 is 2.57 bits per heavy atom. The van der Waals surface area contributed by atoms with Gasteiger partial charge in [0.05, 0.1) is 0 Å². The molecule has 0 unspecified atom stereocenters. The predicted octanol–water partition coefficient (Wildman–Crippen LogP) is 0.0515. The second kappa shape index (κ2) is 3.55. The van der Waals surface area contributed by atoms with Crippen LogP contribution in [0.25, 0.3) is 0 Å². The Labute approximate surface area is 46.4 Å². The van der Waals surface area contributed by atoms with Gasteiger partial charge in [-0.1, -0.05) is 18.3 Å². The SMILES string of the molecule is C=CS/C(N)=N\N. The van der Waals surface area contributed by atoms with Crippen LogP contribution in [0.15, 0.2) is 17.1 Å². The van der Waals surface area contributed by atoms with E-state index < -0.39 is 0 Å². The molecule has 0 radical (unpaired) electrons. The Balaban J connectivity index is 3.36. The minimum Gasteiger partial charge on any atom is -0.377 e. The first-order valence-corrected chi connectivity index (χ1v) is 2.50. The summed E-state index contributed by atoms with van der Waals surface area (Å²) in [6, 6.07) is 0. The van der Waals surface area contributed by atoms with Crippen LogP contribution in [0.4, 0.5) is 0 Å². The van der Waals surface area contributed by atoms with Crippen molar-refractivity contribution >= 4 is 16.9 Å². The van der Waals surface area contributed by atoms with Gasteiger partial charge >= 0.3 is 0 Å². The molecule has 3 nitrogen and oxygen atoms in total. The fourth-order valence-corrected chi connectivity index (χ4v) is 0.347. The summed E-state index contributed by atoms with van der Waals surface area (Å²) in [6.45, 7) is 3.40. The summed E-state index contributed by atoms with van der Waals surface area (Å²) in [5, 5.41) is 5.05. The third-order valence-corrected chi connectivity index (χ3v) is 0.845. The van der Waals surface area contributed by atoms with E-state index >= 15 is 0 Å². The van der Waals surface area contributed by atoms with E-state index in [9.17, 15) is 0 Å². The van der Waals surface area contributed by atoms with Crippen LogP contribution in [-0.2, 0) is 0 Å². The molecule has 0 rings (SSSR count). The van der Waals surface area contributed by atoms with Crippen molar-refractivity contribution in [2.24, 2.45) is 16.7 Å². The van der Waals surface area contributed by atoms with E-state index in [2.05, 4.69) is 11.7 Å². The normalized spacial score (nSPS) is 11.1. The predicted molar refractivity (Wildman–Crippen MR) is 33.6 cm³/mol. The van der Waals surface area contributed by atoms with Crippen LogP contribution >= 0.6 is 11.8 Å². The molecule has 0 saturated carbocycles. The maximum atomic E-state index is 5.10. The first-order chi connectivity index (χ1) is 3.31. The van der Waals surface area contributed by atoms with E-state index in [0.717, 1.165) is 0 Å². The van der Waals surface area contributed by atoms with E-state index in [1.807, 2.05) is 0 Å². The third kappa shape index (κ3) is 3.18. The van der Waals surface area contributed by atoms with Gasteiger partial charge in [-0.25, -0.2) is 0 Å². The van der Waals surface area contributed by atoms with Crippen molar-refractivity contribution in [3.8, 4) is 0 Å². The van der Waals surface area contributed by atoms with E-state index in [1.54, 1.807) is 5.41 Å². The fourth-order valence-electron chi connectivity index (χ4n) is 0.116. The molecule has 0 spiro atoms. The molecular formula is C3H7N3S. The lowest BCUT2D eigenvalue weighted by Crippen LogP contribution is -2.07. The molecule has 7 heavy (non-hydrogen) atoms. The molecule has 0 aliphatic carbocycles. The molecule has 4 heteroatoms. The summed E-state index contributed by atoms with van der Waals surface area (Å²) in [5.41, 5.74) is 5.10. The summed E-state index contributed by atoms with van der Waals surface area (Å²) in [5.74, 6) is 4.75. The molecule has 0 amide bonds. The van der Waals surface area contributed by atoms with Gasteiger partial charge in [0.25, 0.3) is 0 Å². The molecule has 0 aromatic carbocycles. The number of rotatable bonds is 1. The molecule has 0 saturated heterocycles. The summed E-state index contributed by atoms with van der Waals surface area (Å²) in [4.78, 5) is 0. The fraction of sp³-hybridized carbons (Fsp3) is 0. The highest BCUT2D eigenvalue weighted by Gasteiger charge is 1.80. The highest BCUT2D eigenvalue weighted by atomic mass is 32.2. The minimum atomic E-state index is 0.329. The number of hydrogen-bond acceptors (Lipinski definition) is 3. The van der Waals surface area contributed by atoms with Gasteiger partial charge in [0.15, 0.2) is 5.17 Å². The standard InChI is InChI=1S/C3H7N3S/c1-2-7-3(4)6-5/h2H,1,5H2,(H2,4,6). The number of nitrogens with zero attached hydrogens (tertiary/aromatic N) is 1. The Bertz CT molecular complexity index is 88.2. The molecule has 0 atom stereocenters. The molecule has 0 aliphatic heterocycles. The van der Waals surface area contributed by atoms with Crippen molar-refractivity contribution < 1.29 is 0 Å². The Kier molecular flexibility index (Phi) is 3.22. The van der Waals surface area contributed by atoms with Crippen LogP contribution in [0.5, 0.6) is 0 Å². The Morgan fingerprint density at radius 1 is 1.86 bits per heavy atom. The van der Waals surface area contributed by atoms with Crippen LogP contribution in [0.3, 0.4) is 0 Å². The van der Waals surface area contributed by atoms with E-state index in [1.165, 1.54) is 11.8 Å². The molecule has 0 aromatic rings. The number of nitrogens with two attached hydrogens (primary N) is 2. The molecule has 40 valence electrons. The molecule has 0 heterocycles. The lowest BCUT2D eigenvalue weighted by Gasteiger charge is -1.85. The highest BCUT2D eigenvalue weighted by molar-refractivity contribution is 8.16. The van der Waals surface area contributed by atoms with Gasteiger partial charge in [0, 0.05) is 0 Å². The van der Waals surface area contributed by atoms with Crippen LogP contribution in [0.1, 0.15) is 0 Å². The molecule has 0 bridgehead atoms. The van der Waals surface area contributed by atoms with Crippen LogP contribution < -0.4 is 11.6 Å². The largest absolute Gasteiger partial charge is 0.377 e. The van der Waals surface area contributed by atoms with Gasteiger partial charge in [0.2, 0.25) is 0 Å². The minimum absolute atomic E-state index is 0.329. The van der Waals surface area contributed by atoms with E-state index in [4.69, 9.17) is 11.6 Å². The van der Waals surface area contributed by atoms with Crippen molar-refractivity contribution in [2.75, 3.05) is 0 Å². The number of hydrogen-bond donors (Lipinski definition) is 2. The Hall–Kier alpha value is -0.640. The van der Waals surface area contributed by atoms with Crippen LogP contribution in [0.2, 0.25) is 0 Å². The number of hydrazone groups is 1. The van der Waals surface area contributed by atoms with Gasteiger partial charge in [-0.05, 0) is 5.41 Å². The smallest absolute Gasteiger partial charge is 0.181 e. The zero-order chi connectivity index (χ0) is 5.70. The summed E-state index contributed by atoms with van der Waals surface area (Å²) in [6.07, 6.45) is 0. The van der Waals surface area contributed by atoms with E-state index in [-0.39, 0.29) is 0 Å². The average Bonchev–Trinajstić information content (AvgIpc) is 1.68. The second-order valence-electron chi connectivity index (χ2n) is 0.752. The van der Waals surface area contributed by atoms with Crippen molar-refractivity contribution in [1.29, 1.82) is 0 Å². The number of amidine groups is 1. The van der Waals surface area contributed by atoms with Crippen LogP contribution in [-0.4, -0.2) is 5.17 Å². The topological polar surface area (TPSA) is 64.4 Å². The average molecular weight is 117 g/mol. The van der Waals surface area contributed by atoms with Gasteiger partial charge in [0.1, 0.15) is 0 Å². The van der Waals surface area contributed by atoms with Crippen molar-refractivity contribution in [1.82, 2.24) is 0 Å². The molecule has 0 aliphatic rings. The maximum Gasteiger partial charge on any atom is 0.181 e. The van der Waals surface area contributed by atoms with Gasteiger partial charge in [-0.2, -0.15) is 5.10 Å². The van der Waals surface area contributed by atoms with Crippen molar-refractivity contribution in [2.45, 2.75) is 0 Å². The third-order valence-electron chi connectivity index (χ3n) is 0.331. The first kappa shape index (κ1) is 6.36. The van der Waals surface area contributed by atoms with Gasteiger partial charge in [-0.3, -0.25) is 0 Å². The summed E-state index contributed by atoms with van der Waals surface area (Å²) in [7, 11) is 0. The molecule has 0 aromatic heterocycles. The quantitative estimate of drug-likeness (QED) is 0.221. The van der Waals surface area contributed by atoms with Gasteiger partial charge in [-0.15, -0.1) is 0 Å². The zero-order valence-corrected chi connectivity index (χ0v) is 4.61. The van der Waals surface area contributed by atoms with Crippen molar-refractivity contribution in [3.05, 3.63) is 12.0 Å². The maximum absolute atomic E-state index is 5.10. The van der Waals surface area contributed by atoms with Crippen molar-refractivity contribution in [3.63, 3.8) is 0 Å². The van der Waals surface area contributed by atoms with Gasteiger partial charge < -0.3 is 11.6 Å².